The number of hydrogen-bond acceptors (Lipinski definition) is 4. The highest BCUT2D eigenvalue weighted by Gasteiger charge is 2.09. The van der Waals surface area contributed by atoms with Crippen LogP contribution in [-0.2, 0) is 6.54 Å². The predicted molar refractivity (Wildman–Crippen MR) is 65.8 cm³/mol. The third-order valence-corrected chi connectivity index (χ3v) is 2.64. The van der Waals surface area contributed by atoms with Gasteiger partial charge in [0.05, 0.1) is 5.69 Å². The van der Waals surface area contributed by atoms with Gasteiger partial charge in [0.25, 0.3) is 0 Å². The van der Waals surface area contributed by atoms with Crippen LogP contribution in [-0.4, -0.2) is 19.9 Å². The summed E-state index contributed by atoms with van der Waals surface area (Å²) in [5.41, 5.74) is 1.64. The van der Waals surface area contributed by atoms with Crippen LogP contribution in [0.1, 0.15) is 11.6 Å². The van der Waals surface area contributed by atoms with Gasteiger partial charge in [0.1, 0.15) is 12.4 Å². The lowest BCUT2D eigenvalue weighted by molar-refractivity contribution is 0.366. The zero-order valence-corrected chi connectivity index (χ0v) is 10.2. The van der Waals surface area contributed by atoms with Crippen molar-refractivity contribution in [3.63, 3.8) is 0 Å². The van der Waals surface area contributed by atoms with Gasteiger partial charge in [-0.1, -0.05) is 5.16 Å². The lowest BCUT2D eigenvalue weighted by atomic mass is 10.2. The summed E-state index contributed by atoms with van der Waals surface area (Å²) in [5.74, 6) is 0.612. The SMILES string of the molecule is Cc1ccn(Cc2nc(-c3ccc(F)cc3)no2)n1. The zero-order valence-electron chi connectivity index (χ0n) is 10.2. The molecule has 5 nitrogen and oxygen atoms in total. The summed E-state index contributed by atoms with van der Waals surface area (Å²) in [6, 6.07) is 7.85. The van der Waals surface area contributed by atoms with Crippen molar-refractivity contribution in [1.29, 1.82) is 0 Å². The van der Waals surface area contributed by atoms with Gasteiger partial charge in [-0.3, -0.25) is 4.68 Å². The van der Waals surface area contributed by atoms with Crippen molar-refractivity contribution in [2.24, 2.45) is 0 Å². The van der Waals surface area contributed by atoms with Crippen molar-refractivity contribution >= 4 is 0 Å². The molecular formula is C13H11FN4O. The van der Waals surface area contributed by atoms with Crippen molar-refractivity contribution in [2.45, 2.75) is 13.5 Å². The molecule has 0 spiro atoms. The third-order valence-electron chi connectivity index (χ3n) is 2.64. The Balaban J connectivity index is 1.81. The van der Waals surface area contributed by atoms with E-state index in [0.29, 0.717) is 23.8 Å². The molecule has 2 heterocycles. The average molecular weight is 258 g/mol. The van der Waals surface area contributed by atoms with Crippen LogP contribution in [0, 0.1) is 12.7 Å². The smallest absolute Gasteiger partial charge is 0.248 e. The molecule has 2 aromatic heterocycles. The summed E-state index contributed by atoms with van der Waals surface area (Å²) < 4.78 is 19.7. The summed E-state index contributed by atoms with van der Waals surface area (Å²) >= 11 is 0. The molecule has 6 heteroatoms. The maximum atomic E-state index is 12.8. The molecule has 0 atom stereocenters. The first-order chi connectivity index (χ1) is 9.20. The van der Waals surface area contributed by atoms with Crippen molar-refractivity contribution in [1.82, 2.24) is 19.9 Å². The zero-order chi connectivity index (χ0) is 13.2. The van der Waals surface area contributed by atoms with Crippen molar-refractivity contribution in [3.8, 4) is 11.4 Å². The van der Waals surface area contributed by atoms with E-state index in [0.717, 1.165) is 5.69 Å². The van der Waals surface area contributed by atoms with Crippen LogP contribution < -0.4 is 0 Å². The molecule has 0 bridgehead atoms. The van der Waals surface area contributed by atoms with Crippen LogP contribution in [0.4, 0.5) is 4.39 Å². The number of halogens is 1. The fourth-order valence-electron chi connectivity index (χ4n) is 1.73. The summed E-state index contributed by atoms with van der Waals surface area (Å²) in [7, 11) is 0. The Morgan fingerprint density at radius 1 is 1.21 bits per heavy atom. The van der Waals surface area contributed by atoms with Gasteiger partial charge in [-0.2, -0.15) is 10.1 Å². The van der Waals surface area contributed by atoms with Gasteiger partial charge in [0.2, 0.25) is 11.7 Å². The number of aryl methyl sites for hydroxylation is 1. The first-order valence-corrected chi connectivity index (χ1v) is 5.79. The second kappa shape index (κ2) is 4.64. The van der Waals surface area contributed by atoms with Crippen molar-refractivity contribution < 1.29 is 8.91 Å². The topological polar surface area (TPSA) is 56.7 Å². The van der Waals surface area contributed by atoms with Crippen LogP contribution in [0.5, 0.6) is 0 Å². The minimum Gasteiger partial charge on any atom is -0.337 e. The van der Waals surface area contributed by atoms with Gasteiger partial charge in [0.15, 0.2) is 0 Å². The Bertz CT molecular complexity index is 687. The maximum absolute atomic E-state index is 12.8. The molecule has 0 N–H and O–H groups in total. The molecule has 0 aliphatic heterocycles. The monoisotopic (exact) mass is 258 g/mol. The van der Waals surface area contributed by atoms with Crippen molar-refractivity contribution in [2.75, 3.05) is 0 Å². The average Bonchev–Trinajstić information content (AvgIpc) is 3.00. The first-order valence-electron chi connectivity index (χ1n) is 5.79. The molecule has 3 aromatic rings. The Morgan fingerprint density at radius 2 is 2.00 bits per heavy atom. The van der Waals surface area contributed by atoms with E-state index in [-0.39, 0.29) is 5.82 Å². The fourth-order valence-corrected chi connectivity index (χ4v) is 1.73. The Hall–Kier alpha value is -2.50. The van der Waals surface area contributed by atoms with Crippen LogP contribution >= 0.6 is 0 Å². The molecule has 1 aromatic carbocycles. The molecule has 0 radical (unpaired) electrons. The largest absolute Gasteiger partial charge is 0.337 e. The molecule has 0 saturated carbocycles. The van der Waals surface area contributed by atoms with Gasteiger partial charge in [-0.15, -0.1) is 0 Å². The molecule has 0 amide bonds. The number of hydrogen-bond donors (Lipinski definition) is 0. The second-order valence-corrected chi connectivity index (χ2v) is 4.17. The van der Waals surface area contributed by atoms with E-state index in [1.54, 1.807) is 16.8 Å². The van der Waals surface area contributed by atoms with Crippen LogP contribution in [0.3, 0.4) is 0 Å². The highest BCUT2D eigenvalue weighted by atomic mass is 19.1. The van der Waals surface area contributed by atoms with Crippen LogP contribution in [0.2, 0.25) is 0 Å². The van der Waals surface area contributed by atoms with E-state index >= 15 is 0 Å². The van der Waals surface area contributed by atoms with Gasteiger partial charge in [-0.05, 0) is 37.3 Å². The molecule has 3 rings (SSSR count). The molecule has 0 fully saturated rings. The summed E-state index contributed by atoms with van der Waals surface area (Å²) in [5, 5.41) is 8.11. The van der Waals surface area contributed by atoms with Crippen molar-refractivity contribution in [3.05, 3.63) is 53.9 Å². The quantitative estimate of drug-likeness (QED) is 0.724. The fraction of sp³-hybridized carbons (Fsp3) is 0.154. The first kappa shape index (κ1) is 11.6. The molecular weight excluding hydrogens is 247 g/mol. The standard InChI is InChI=1S/C13H11FN4O/c1-9-6-7-18(16-9)8-12-15-13(17-19-12)10-2-4-11(14)5-3-10/h2-7H,8H2,1H3. The Kier molecular flexibility index (Phi) is 2.83. The molecule has 19 heavy (non-hydrogen) atoms. The minimum atomic E-state index is -0.292. The molecule has 0 saturated heterocycles. The molecule has 0 unspecified atom stereocenters. The summed E-state index contributed by atoms with van der Waals surface area (Å²) in [6.07, 6.45) is 1.84. The van der Waals surface area contributed by atoms with Gasteiger partial charge < -0.3 is 4.52 Å². The van der Waals surface area contributed by atoms with E-state index in [2.05, 4.69) is 15.2 Å². The second-order valence-electron chi connectivity index (χ2n) is 4.17. The van der Waals surface area contributed by atoms with Gasteiger partial charge >= 0.3 is 0 Å². The van der Waals surface area contributed by atoms with E-state index < -0.39 is 0 Å². The highest BCUT2D eigenvalue weighted by Crippen LogP contribution is 2.16. The Labute approximate surface area is 108 Å². The third kappa shape index (κ3) is 2.52. The number of nitrogens with zero attached hydrogens (tertiary/aromatic N) is 4. The van der Waals surface area contributed by atoms with Gasteiger partial charge in [0, 0.05) is 11.8 Å². The minimum absolute atomic E-state index is 0.292. The lowest BCUT2D eigenvalue weighted by Crippen LogP contribution is -2.00. The highest BCUT2D eigenvalue weighted by molar-refractivity contribution is 5.53. The van der Waals surface area contributed by atoms with E-state index in [1.165, 1.54) is 12.1 Å². The van der Waals surface area contributed by atoms with E-state index in [9.17, 15) is 4.39 Å². The maximum Gasteiger partial charge on any atom is 0.248 e. The Morgan fingerprint density at radius 3 is 2.68 bits per heavy atom. The summed E-state index contributed by atoms with van der Waals surface area (Å²) in [4.78, 5) is 4.25. The predicted octanol–water partition coefficient (Wildman–Crippen LogP) is 2.43. The number of benzene rings is 1. The van der Waals surface area contributed by atoms with Gasteiger partial charge in [-0.25, -0.2) is 4.39 Å². The van der Waals surface area contributed by atoms with E-state index in [4.69, 9.17) is 4.52 Å². The van der Waals surface area contributed by atoms with Crippen LogP contribution in [0.25, 0.3) is 11.4 Å². The lowest BCUT2D eigenvalue weighted by Gasteiger charge is -1.94. The molecule has 0 aliphatic carbocycles. The van der Waals surface area contributed by atoms with E-state index in [1.807, 2.05) is 19.2 Å². The number of rotatable bonds is 3. The normalized spacial score (nSPS) is 10.8. The molecule has 96 valence electrons. The van der Waals surface area contributed by atoms with Crippen LogP contribution in [0.15, 0.2) is 41.1 Å². The number of aromatic nitrogens is 4. The summed E-state index contributed by atoms with van der Waals surface area (Å²) in [6.45, 7) is 2.33. The molecule has 0 aliphatic rings.